The van der Waals surface area contributed by atoms with Crippen molar-refractivity contribution < 1.29 is 59.2 Å². The fraction of sp³-hybridized carbons (Fsp3) is 0.927. The van der Waals surface area contributed by atoms with Crippen molar-refractivity contribution in [2.45, 2.75) is 197 Å². The van der Waals surface area contributed by atoms with Gasteiger partial charge in [0, 0.05) is 0 Å². The summed E-state index contributed by atoms with van der Waals surface area (Å²) in [5.74, 6) is -1.18. The molecule has 0 bridgehead atoms. The van der Waals surface area contributed by atoms with E-state index in [9.17, 15) is 45.0 Å². The Morgan fingerprint density at radius 1 is 0.377 bits per heavy atom. The van der Waals surface area contributed by atoms with Crippen LogP contribution in [-0.4, -0.2) is 103 Å². The van der Waals surface area contributed by atoms with Crippen molar-refractivity contribution in [1.82, 2.24) is 0 Å². The summed E-state index contributed by atoms with van der Waals surface area (Å²) in [5.41, 5.74) is -0.0221. The van der Waals surface area contributed by atoms with Crippen molar-refractivity contribution in [2.75, 3.05) is 0 Å². The topological polar surface area (TPSA) is 200 Å². The van der Waals surface area contributed by atoms with E-state index in [0.29, 0.717) is 75.5 Å². The lowest BCUT2D eigenvalue weighted by atomic mass is 9.52. The number of carbonyl (C=O) groups excluding carboxylic acids is 3. The monoisotopic (exact) mass is 750 g/mol. The van der Waals surface area contributed by atoms with Crippen LogP contribution in [0.3, 0.4) is 0 Å². The first-order chi connectivity index (χ1) is 25.3. The van der Waals surface area contributed by atoms with Gasteiger partial charge in [-0.05, 0) is 158 Å². The van der Waals surface area contributed by atoms with Crippen LogP contribution in [-0.2, 0) is 28.6 Å². The van der Waals surface area contributed by atoms with Crippen LogP contribution >= 0.6 is 0 Å². The molecule has 302 valence electrons. The van der Waals surface area contributed by atoms with Crippen LogP contribution in [0.1, 0.15) is 142 Å². The highest BCUT2D eigenvalue weighted by molar-refractivity contribution is 5.73. The molecule has 0 spiro atoms. The summed E-state index contributed by atoms with van der Waals surface area (Å²) >= 11 is 0. The van der Waals surface area contributed by atoms with Gasteiger partial charge in [0.15, 0.2) is 0 Å². The Morgan fingerprint density at radius 2 is 0.585 bits per heavy atom. The highest BCUT2D eigenvalue weighted by Crippen LogP contribution is 2.57. The van der Waals surface area contributed by atoms with Gasteiger partial charge < -0.3 is 44.8 Å². The highest BCUT2D eigenvalue weighted by Gasteiger charge is 2.50. The maximum Gasteiger partial charge on any atom is 0.309 e. The molecule has 53 heavy (non-hydrogen) atoms. The van der Waals surface area contributed by atoms with Gasteiger partial charge >= 0.3 is 17.9 Å². The largest absolute Gasteiger partial charge is 0.462 e. The third-order valence-electron chi connectivity index (χ3n) is 14.5. The van der Waals surface area contributed by atoms with Crippen LogP contribution in [0.15, 0.2) is 0 Å². The van der Waals surface area contributed by atoms with Gasteiger partial charge in [-0.25, -0.2) is 0 Å². The van der Waals surface area contributed by atoms with Crippen LogP contribution in [0.5, 0.6) is 0 Å². The van der Waals surface area contributed by atoms with Crippen molar-refractivity contribution in [2.24, 2.45) is 40.9 Å². The van der Waals surface area contributed by atoms with Crippen molar-refractivity contribution in [3.8, 4) is 0 Å². The summed E-state index contributed by atoms with van der Waals surface area (Å²) in [4.78, 5) is 39.1. The molecule has 6 aliphatic rings. The number of esters is 3. The molecule has 0 aromatic rings. The van der Waals surface area contributed by atoms with Gasteiger partial charge in [0.25, 0.3) is 0 Å². The quantitative estimate of drug-likeness (QED) is 0.147. The fourth-order valence-corrected chi connectivity index (χ4v) is 11.5. The van der Waals surface area contributed by atoms with Crippen molar-refractivity contribution in [3.63, 3.8) is 0 Å². The maximum atomic E-state index is 13.0. The summed E-state index contributed by atoms with van der Waals surface area (Å²) in [6.07, 6.45) is 8.31. The van der Waals surface area contributed by atoms with Gasteiger partial charge in [-0.2, -0.15) is 0 Å². The normalized spacial score (nSPS) is 43.9. The SMILES string of the molecule is CC(C1CCC(OC(=O)C2CC(O)CC(O)C2)CC1)(C1CCC(OC(=O)C2CC(O)CC(O)C2)CC1)C1CCC(OC(=O)C2CC(O)CC(O)C2)CC1. The Kier molecular flexibility index (Phi) is 13.8. The predicted molar refractivity (Wildman–Crippen MR) is 192 cm³/mol. The van der Waals surface area contributed by atoms with Crippen LogP contribution in [0.25, 0.3) is 0 Å². The molecule has 0 radical (unpaired) electrons. The maximum absolute atomic E-state index is 13.0. The first-order valence-electron chi connectivity index (χ1n) is 21.0. The van der Waals surface area contributed by atoms with Gasteiger partial charge in [-0.1, -0.05) is 6.92 Å². The van der Waals surface area contributed by atoms with E-state index in [2.05, 4.69) is 6.92 Å². The molecule has 6 rings (SSSR count). The molecular weight excluding hydrogens is 684 g/mol. The molecule has 0 saturated heterocycles. The minimum absolute atomic E-state index is 0.0221. The van der Waals surface area contributed by atoms with E-state index in [1.807, 2.05) is 0 Å². The molecule has 6 unspecified atom stereocenters. The van der Waals surface area contributed by atoms with E-state index in [1.165, 1.54) is 0 Å². The fourth-order valence-electron chi connectivity index (χ4n) is 11.5. The number of hydrogen-bond acceptors (Lipinski definition) is 12. The van der Waals surface area contributed by atoms with E-state index in [1.54, 1.807) is 0 Å². The number of aliphatic hydroxyl groups is 6. The second-order valence-electron chi connectivity index (χ2n) is 18.2. The molecule has 6 atom stereocenters. The number of ether oxygens (including phenoxy) is 3. The zero-order valence-corrected chi connectivity index (χ0v) is 31.6. The molecular formula is C41H66O12. The molecule has 0 aliphatic heterocycles. The lowest BCUT2D eigenvalue weighted by molar-refractivity contribution is -0.164. The minimum Gasteiger partial charge on any atom is -0.462 e. The lowest BCUT2D eigenvalue weighted by Gasteiger charge is -2.54. The van der Waals surface area contributed by atoms with Gasteiger partial charge in [0.05, 0.1) is 54.4 Å². The van der Waals surface area contributed by atoms with Gasteiger partial charge in [-0.3, -0.25) is 14.4 Å². The molecule has 0 heterocycles. The number of hydrogen-bond donors (Lipinski definition) is 6. The van der Waals surface area contributed by atoms with Crippen LogP contribution in [0, 0.1) is 40.9 Å². The van der Waals surface area contributed by atoms with Crippen molar-refractivity contribution in [1.29, 1.82) is 0 Å². The van der Waals surface area contributed by atoms with Crippen LogP contribution < -0.4 is 0 Å². The number of aliphatic hydroxyl groups excluding tert-OH is 6. The summed E-state index contributed by atoms with van der Waals surface area (Å²) in [5, 5.41) is 60.6. The smallest absolute Gasteiger partial charge is 0.309 e. The zero-order chi connectivity index (χ0) is 37.9. The second kappa shape index (κ2) is 18.0. The molecule has 12 nitrogen and oxygen atoms in total. The second-order valence-corrected chi connectivity index (χ2v) is 18.2. The molecule has 12 heteroatoms. The molecule has 0 aromatic carbocycles. The molecule has 0 amide bonds. The van der Waals surface area contributed by atoms with Gasteiger partial charge in [0.1, 0.15) is 18.3 Å². The summed E-state index contributed by atoms with van der Waals surface area (Å²) in [6.45, 7) is 2.44. The third kappa shape index (κ3) is 10.3. The van der Waals surface area contributed by atoms with E-state index in [-0.39, 0.29) is 41.6 Å². The Hall–Kier alpha value is -1.83. The molecule has 6 saturated carbocycles. The first kappa shape index (κ1) is 40.8. The van der Waals surface area contributed by atoms with Gasteiger partial charge in [-0.15, -0.1) is 0 Å². The standard InChI is InChI=1S/C41H66O12/c1-41(26-2-8-35(9-3-26)51-38(48)23-14-29(42)20-30(43)15-23,27-4-10-36(11-5-27)52-39(49)24-16-31(44)21-32(45)17-24)28-6-12-37(13-7-28)53-40(50)25-18-33(46)22-34(47)19-25/h23-37,42-47H,2-22H2,1H3. The van der Waals surface area contributed by atoms with Crippen LogP contribution in [0.4, 0.5) is 0 Å². The average Bonchev–Trinajstić information content (AvgIpc) is 3.11. The Labute approximate surface area is 314 Å². The van der Waals surface area contributed by atoms with Crippen molar-refractivity contribution in [3.05, 3.63) is 0 Å². The van der Waals surface area contributed by atoms with E-state index in [0.717, 1.165) is 77.0 Å². The molecule has 6 N–H and O–H groups in total. The number of carbonyl (C=O) groups is 3. The Balaban J connectivity index is 1.07. The Bertz CT molecular complexity index is 1040. The first-order valence-corrected chi connectivity index (χ1v) is 21.0. The van der Waals surface area contributed by atoms with E-state index < -0.39 is 54.4 Å². The average molecular weight is 751 g/mol. The van der Waals surface area contributed by atoms with Crippen LogP contribution in [0.2, 0.25) is 0 Å². The lowest BCUT2D eigenvalue weighted by Crippen LogP contribution is -2.48. The van der Waals surface area contributed by atoms with E-state index >= 15 is 0 Å². The summed E-state index contributed by atoms with van der Waals surface area (Å²) in [7, 11) is 0. The predicted octanol–water partition coefficient (Wildman–Crippen LogP) is 3.86. The summed E-state index contributed by atoms with van der Waals surface area (Å²) < 4.78 is 18.0. The summed E-state index contributed by atoms with van der Waals surface area (Å²) in [6, 6.07) is 0. The number of rotatable bonds is 9. The third-order valence-corrected chi connectivity index (χ3v) is 14.5. The van der Waals surface area contributed by atoms with Gasteiger partial charge in [0.2, 0.25) is 0 Å². The molecule has 0 aromatic heterocycles. The minimum atomic E-state index is -0.689. The van der Waals surface area contributed by atoms with Crippen molar-refractivity contribution >= 4 is 17.9 Å². The molecule has 6 aliphatic carbocycles. The van der Waals surface area contributed by atoms with E-state index in [4.69, 9.17) is 14.2 Å². The Morgan fingerprint density at radius 3 is 0.792 bits per heavy atom. The zero-order valence-electron chi connectivity index (χ0n) is 31.6. The highest BCUT2D eigenvalue weighted by atomic mass is 16.6. The molecule has 6 fully saturated rings.